The van der Waals surface area contributed by atoms with Gasteiger partial charge >= 0.3 is 5.97 Å². The molecule has 0 saturated carbocycles. The molecule has 1 rings (SSSR count). The first kappa shape index (κ1) is 15.6. The van der Waals surface area contributed by atoms with Crippen molar-refractivity contribution in [2.24, 2.45) is 11.7 Å². The number of hydrogen-bond acceptors (Lipinski definition) is 5. The molecule has 0 spiro atoms. The van der Waals surface area contributed by atoms with Gasteiger partial charge in [-0.05, 0) is 37.8 Å². The average Bonchev–Trinajstić information content (AvgIpc) is 2.76. The maximum Gasteiger partial charge on any atom is 0.340 e. The molecule has 1 aromatic heterocycles. The predicted molar refractivity (Wildman–Crippen MR) is 74.7 cm³/mol. The number of nitrogens with two attached hydrogens (primary N) is 1. The van der Waals surface area contributed by atoms with Crippen LogP contribution in [-0.4, -0.2) is 34.9 Å². The number of carboxylic acids is 1. The van der Waals surface area contributed by atoms with E-state index in [-0.39, 0.29) is 17.4 Å². The highest BCUT2D eigenvalue weighted by atomic mass is 32.1. The van der Waals surface area contributed by atoms with Crippen molar-refractivity contribution in [3.8, 4) is 0 Å². The smallest absolute Gasteiger partial charge is 0.340 e. The number of aryl methyl sites for hydroxylation is 1. The number of rotatable bonds is 6. The van der Waals surface area contributed by atoms with Gasteiger partial charge in [0.25, 0.3) is 0 Å². The zero-order chi connectivity index (χ0) is 14.6. The molecule has 6 nitrogen and oxygen atoms in total. The number of nitrogens with zero attached hydrogens (tertiary/aromatic N) is 2. The van der Waals surface area contributed by atoms with Crippen LogP contribution in [-0.2, 0) is 4.79 Å². The van der Waals surface area contributed by atoms with Gasteiger partial charge in [-0.2, -0.15) is 4.37 Å². The Hall–Kier alpha value is -1.47. The quantitative estimate of drug-likeness (QED) is 0.825. The Balaban J connectivity index is 2.91. The van der Waals surface area contributed by atoms with Crippen molar-refractivity contribution in [2.45, 2.75) is 26.7 Å². The third-order valence-corrected chi connectivity index (χ3v) is 3.97. The molecule has 7 heteroatoms. The summed E-state index contributed by atoms with van der Waals surface area (Å²) in [4.78, 5) is 24.8. The summed E-state index contributed by atoms with van der Waals surface area (Å²) in [7, 11) is 1.58. The van der Waals surface area contributed by atoms with Crippen LogP contribution in [0.4, 0.5) is 5.00 Å². The van der Waals surface area contributed by atoms with Crippen LogP contribution >= 0.6 is 11.5 Å². The number of anilines is 1. The Kier molecular flexibility index (Phi) is 5.44. The molecule has 1 aromatic rings. The number of carboxylic acid groups (broad SMARTS) is 1. The number of hydrogen-bond donors (Lipinski definition) is 2. The fourth-order valence-corrected chi connectivity index (χ4v) is 2.66. The van der Waals surface area contributed by atoms with Crippen molar-refractivity contribution in [3.05, 3.63) is 11.3 Å². The molecule has 0 fully saturated rings. The van der Waals surface area contributed by atoms with Crippen LogP contribution in [0.5, 0.6) is 0 Å². The van der Waals surface area contributed by atoms with E-state index in [0.29, 0.717) is 23.7 Å². The molecule has 0 aromatic carbocycles. The Labute approximate surface area is 116 Å². The van der Waals surface area contributed by atoms with Crippen molar-refractivity contribution in [1.82, 2.24) is 4.37 Å². The van der Waals surface area contributed by atoms with Gasteiger partial charge in [0.05, 0.1) is 5.69 Å². The van der Waals surface area contributed by atoms with E-state index >= 15 is 0 Å². The maximum atomic E-state index is 12.2. The summed E-state index contributed by atoms with van der Waals surface area (Å²) in [5, 5.41) is 9.54. The molecule has 3 N–H and O–H groups in total. The molecule has 0 bridgehead atoms. The zero-order valence-electron chi connectivity index (χ0n) is 11.3. The average molecular weight is 285 g/mol. The Morgan fingerprint density at radius 1 is 1.53 bits per heavy atom. The summed E-state index contributed by atoms with van der Waals surface area (Å²) in [6.07, 6.45) is 1.47. The number of carbonyl (C=O) groups is 2. The van der Waals surface area contributed by atoms with Crippen LogP contribution in [0.15, 0.2) is 0 Å². The SMILES string of the molecule is Cc1nsc(N(C)C(=O)C(C)CCCN)c1C(=O)O. The van der Waals surface area contributed by atoms with E-state index < -0.39 is 5.97 Å². The molecule has 1 heterocycles. The molecule has 0 aliphatic heterocycles. The van der Waals surface area contributed by atoms with Gasteiger partial charge in [0.15, 0.2) is 0 Å². The second kappa shape index (κ2) is 6.63. The summed E-state index contributed by atoms with van der Waals surface area (Å²) in [6.45, 7) is 3.99. The van der Waals surface area contributed by atoms with Crippen LogP contribution in [0.1, 0.15) is 35.8 Å². The van der Waals surface area contributed by atoms with Crippen molar-refractivity contribution < 1.29 is 14.7 Å². The molecule has 19 heavy (non-hydrogen) atoms. The summed E-state index contributed by atoms with van der Waals surface area (Å²) >= 11 is 1.03. The zero-order valence-corrected chi connectivity index (χ0v) is 12.2. The summed E-state index contributed by atoms with van der Waals surface area (Å²) in [5.74, 6) is -1.35. The van der Waals surface area contributed by atoms with E-state index in [1.54, 1.807) is 14.0 Å². The number of carbonyl (C=O) groups excluding carboxylic acids is 1. The van der Waals surface area contributed by atoms with Crippen molar-refractivity contribution >= 4 is 28.4 Å². The fourth-order valence-electron chi connectivity index (χ4n) is 1.81. The lowest BCUT2D eigenvalue weighted by molar-refractivity contribution is -0.121. The van der Waals surface area contributed by atoms with Gasteiger partial charge in [-0.3, -0.25) is 4.79 Å². The second-order valence-corrected chi connectivity index (χ2v) is 5.23. The standard InChI is InChI=1S/C12H19N3O3S/c1-7(5-4-6-13)10(16)15(3)11-9(12(17)18)8(2)14-19-11/h7H,4-6,13H2,1-3H3,(H,17,18). The molecule has 1 unspecified atom stereocenters. The maximum absolute atomic E-state index is 12.2. The van der Waals surface area contributed by atoms with E-state index in [4.69, 9.17) is 10.8 Å². The van der Waals surface area contributed by atoms with Gasteiger partial charge < -0.3 is 15.7 Å². The molecule has 1 amide bonds. The predicted octanol–water partition coefficient (Wildman–Crippen LogP) is 1.49. The molecular formula is C12H19N3O3S. The molecule has 106 valence electrons. The topological polar surface area (TPSA) is 96.5 Å². The van der Waals surface area contributed by atoms with E-state index in [2.05, 4.69) is 4.37 Å². The molecule has 0 aliphatic rings. The summed E-state index contributed by atoms with van der Waals surface area (Å²) in [5.41, 5.74) is 5.96. The first-order valence-corrected chi connectivity index (χ1v) is 6.84. The Bertz CT molecular complexity index is 473. The van der Waals surface area contributed by atoms with Crippen LogP contribution < -0.4 is 10.6 Å². The lowest BCUT2D eigenvalue weighted by Crippen LogP contribution is -2.32. The number of aromatic carboxylic acids is 1. The van der Waals surface area contributed by atoms with Crippen molar-refractivity contribution in [1.29, 1.82) is 0 Å². The largest absolute Gasteiger partial charge is 0.478 e. The van der Waals surface area contributed by atoms with E-state index in [1.165, 1.54) is 4.90 Å². The van der Waals surface area contributed by atoms with Gasteiger partial charge in [-0.1, -0.05) is 6.92 Å². The normalized spacial score (nSPS) is 12.2. The number of amides is 1. The van der Waals surface area contributed by atoms with Crippen molar-refractivity contribution in [2.75, 3.05) is 18.5 Å². The van der Waals surface area contributed by atoms with Gasteiger partial charge in [0.2, 0.25) is 5.91 Å². The third-order valence-electron chi connectivity index (χ3n) is 2.96. The summed E-state index contributed by atoms with van der Waals surface area (Å²) < 4.78 is 4.01. The molecule has 0 saturated heterocycles. The van der Waals surface area contributed by atoms with Crippen LogP contribution in [0.3, 0.4) is 0 Å². The van der Waals surface area contributed by atoms with Crippen LogP contribution in [0.25, 0.3) is 0 Å². The minimum Gasteiger partial charge on any atom is -0.478 e. The lowest BCUT2D eigenvalue weighted by atomic mass is 10.0. The monoisotopic (exact) mass is 285 g/mol. The molecule has 1 atom stereocenters. The Morgan fingerprint density at radius 3 is 2.68 bits per heavy atom. The molecule has 0 aliphatic carbocycles. The minimum atomic E-state index is -1.06. The number of aromatic nitrogens is 1. The Morgan fingerprint density at radius 2 is 2.16 bits per heavy atom. The van der Waals surface area contributed by atoms with Crippen LogP contribution in [0, 0.1) is 12.8 Å². The van der Waals surface area contributed by atoms with Gasteiger partial charge in [-0.15, -0.1) is 0 Å². The van der Waals surface area contributed by atoms with Gasteiger partial charge in [-0.25, -0.2) is 4.79 Å². The highest BCUT2D eigenvalue weighted by molar-refractivity contribution is 7.11. The van der Waals surface area contributed by atoms with E-state index in [9.17, 15) is 9.59 Å². The van der Waals surface area contributed by atoms with E-state index in [0.717, 1.165) is 18.0 Å². The van der Waals surface area contributed by atoms with Crippen LogP contribution in [0.2, 0.25) is 0 Å². The fraction of sp³-hybridized carbons (Fsp3) is 0.583. The molecular weight excluding hydrogens is 266 g/mol. The first-order chi connectivity index (χ1) is 8.90. The van der Waals surface area contributed by atoms with Crippen molar-refractivity contribution in [3.63, 3.8) is 0 Å². The second-order valence-electron chi connectivity index (χ2n) is 4.48. The first-order valence-electron chi connectivity index (χ1n) is 6.07. The van der Waals surface area contributed by atoms with E-state index in [1.807, 2.05) is 6.92 Å². The highest BCUT2D eigenvalue weighted by Gasteiger charge is 2.26. The lowest BCUT2D eigenvalue weighted by Gasteiger charge is -2.20. The third kappa shape index (κ3) is 3.51. The highest BCUT2D eigenvalue weighted by Crippen LogP contribution is 2.29. The van der Waals surface area contributed by atoms with Gasteiger partial charge in [0, 0.05) is 13.0 Å². The molecule has 0 radical (unpaired) electrons. The van der Waals surface area contributed by atoms with Gasteiger partial charge in [0.1, 0.15) is 10.6 Å². The summed E-state index contributed by atoms with van der Waals surface area (Å²) in [6, 6.07) is 0. The minimum absolute atomic E-state index is 0.104.